The summed E-state index contributed by atoms with van der Waals surface area (Å²) in [5, 5.41) is 7.11. The number of nitrogens with one attached hydrogen (secondary N) is 1. The van der Waals surface area contributed by atoms with Crippen molar-refractivity contribution >= 4 is 39.7 Å². The summed E-state index contributed by atoms with van der Waals surface area (Å²) in [5.41, 5.74) is 2.41. The molecule has 122 valence electrons. The second-order valence-electron chi connectivity index (χ2n) is 6.22. The molecule has 1 fully saturated rings. The zero-order valence-electron chi connectivity index (χ0n) is 13.2. The van der Waals surface area contributed by atoms with E-state index in [1.807, 2.05) is 18.2 Å². The summed E-state index contributed by atoms with van der Waals surface area (Å²) >= 11 is 12.2. The minimum absolute atomic E-state index is 0.501. The zero-order valence-corrected chi connectivity index (χ0v) is 14.7. The molecule has 4 heteroatoms. The predicted molar refractivity (Wildman–Crippen MR) is 103 cm³/mol. The normalized spacial score (nSPS) is 14.6. The molecular formula is C20H18Cl2N2. The zero-order chi connectivity index (χ0) is 16.5. The molecule has 0 amide bonds. The smallest absolute Gasteiger partial charge is 0.0595 e. The van der Waals surface area contributed by atoms with Crippen LogP contribution in [-0.2, 0) is 6.54 Å². The Morgan fingerprint density at radius 1 is 0.875 bits per heavy atom. The quantitative estimate of drug-likeness (QED) is 0.697. The van der Waals surface area contributed by atoms with Crippen LogP contribution in [0.2, 0.25) is 10.0 Å². The van der Waals surface area contributed by atoms with Gasteiger partial charge in [0.15, 0.2) is 0 Å². The predicted octanol–water partition coefficient (Wildman–Crippen LogP) is 5.13. The summed E-state index contributed by atoms with van der Waals surface area (Å²) in [6, 6.07) is 21.5. The number of benzene rings is 3. The molecule has 0 radical (unpaired) electrons. The van der Waals surface area contributed by atoms with Crippen molar-refractivity contribution in [2.24, 2.45) is 0 Å². The van der Waals surface area contributed by atoms with Crippen LogP contribution in [0.5, 0.6) is 0 Å². The molecule has 0 aliphatic carbocycles. The van der Waals surface area contributed by atoms with Crippen LogP contribution in [0.25, 0.3) is 10.8 Å². The third kappa shape index (κ3) is 3.10. The third-order valence-electron chi connectivity index (χ3n) is 4.60. The summed E-state index contributed by atoms with van der Waals surface area (Å²) < 4.78 is 0. The fourth-order valence-electron chi connectivity index (χ4n) is 3.12. The SMILES string of the molecule is Clc1ccc(CN(c2ccc3ccccc3c2)C2CNC2)cc1Cl. The number of nitrogens with zero attached hydrogens (tertiary/aromatic N) is 1. The number of fused-ring (bicyclic) bond motifs is 1. The second-order valence-corrected chi connectivity index (χ2v) is 7.03. The summed E-state index contributed by atoms with van der Waals surface area (Å²) in [7, 11) is 0. The highest BCUT2D eigenvalue weighted by Crippen LogP contribution is 2.28. The Labute approximate surface area is 152 Å². The van der Waals surface area contributed by atoms with Crippen molar-refractivity contribution in [1.29, 1.82) is 0 Å². The van der Waals surface area contributed by atoms with E-state index in [1.54, 1.807) is 0 Å². The van der Waals surface area contributed by atoms with Gasteiger partial charge in [-0.3, -0.25) is 0 Å². The molecule has 3 aromatic rings. The van der Waals surface area contributed by atoms with Crippen LogP contribution in [0, 0.1) is 0 Å². The van der Waals surface area contributed by atoms with Crippen LogP contribution in [0.15, 0.2) is 60.7 Å². The number of rotatable bonds is 4. The van der Waals surface area contributed by atoms with E-state index < -0.39 is 0 Å². The molecule has 0 unspecified atom stereocenters. The van der Waals surface area contributed by atoms with Gasteiger partial charge >= 0.3 is 0 Å². The van der Waals surface area contributed by atoms with Gasteiger partial charge in [-0.25, -0.2) is 0 Å². The second kappa shape index (κ2) is 6.64. The lowest BCUT2D eigenvalue weighted by atomic mass is 10.0. The highest BCUT2D eigenvalue weighted by molar-refractivity contribution is 6.42. The fourth-order valence-corrected chi connectivity index (χ4v) is 3.44. The van der Waals surface area contributed by atoms with Crippen molar-refractivity contribution in [3.63, 3.8) is 0 Å². The molecule has 1 aliphatic heterocycles. The lowest BCUT2D eigenvalue weighted by molar-refractivity contribution is 0.411. The molecule has 1 saturated heterocycles. The molecule has 1 N–H and O–H groups in total. The topological polar surface area (TPSA) is 15.3 Å². The molecule has 0 aromatic heterocycles. The summed E-state index contributed by atoms with van der Waals surface area (Å²) in [6.07, 6.45) is 0. The third-order valence-corrected chi connectivity index (χ3v) is 5.34. The number of hydrogen-bond acceptors (Lipinski definition) is 2. The minimum atomic E-state index is 0.501. The molecule has 2 nitrogen and oxygen atoms in total. The lowest BCUT2D eigenvalue weighted by Crippen LogP contribution is -2.57. The van der Waals surface area contributed by atoms with E-state index in [0.29, 0.717) is 16.1 Å². The molecule has 4 rings (SSSR count). The van der Waals surface area contributed by atoms with Gasteiger partial charge < -0.3 is 10.2 Å². The van der Waals surface area contributed by atoms with Crippen molar-refractivity contribution in [2.45, 2.75) is 12.6 Å². The van der Waals surface area contributed by atoms with E-state index in [0.717, 1.165) is 19.6 Å². The van der Waals surface area contributed by atoms with Gasteiger partial charge in [0, 0.05) is 25.3 Å². The summed E-state index contributed by atoms with van der Waals surface area (Å²) in [5.74, 6) is 0. The van der Waals surface area contributed by atoms with Gasteiger partial charge in [0.1, 0.15) is 0 Å². The fraction of sp³-hybridized carbons (Fsp3) is 0.200. The first-order chi connectivity index (χ1) is 11.7. The maximum atomic E-state index is 6.19. The molecular weight excluding hydrogens is 339 g/mol. The molecule has 0 spiro atoms. The average molecular weight is 357 g/mol. The Morgan fingerprint density at radius 3 is 2.38 bits per heavy atom. The molecule has 24 heavy (non-hydrogen) atoms. The molecule has 1 aliphatic rings. The Hall–Kier alpha value is -1.74. The van der Waals surface area contributed by atoms with Gasteiger partial charge in [0.2, 0.25) is 0 Å². The van der Waals surface area contributed by atoms with Crippen molar-refractivity contribution in [3.05, 3.63) is 76.3 Å². The highest BCUT2D eigenvalue weighted by atomic mass is 35.5. The van der Waals surface area contributed by atoms with E-state index >= 15 is 0 Å². The number of anilines is 1. The number of hydrogen-bond donors (Lipinski definition) is 1. The van der Waals surface area contributed by atoms with Crippen molar-refractivity contribution in [2.75, 3.05) is 18.0 Å². The van der Waals surface area contributed by atoms with Gasteiger partial charge in [-0.05, 0) is 40.6 Å². The van der Waals surface area contributed by atoms with Crippen molar-refractivity contribution in [1.82, 2.24) is 5.32 Å². The molecule has 0 bridgehead atoms. The Bertz CT molecular complexity index is 874. The molecule has 3 aromatic carbocycles. The lowest BCUT2D eigenvalue weighted by Gasteiger charge is -2.40. The average Bonchev–Trinajstić information content (AvgIpc) is 2.55. The first-order valence-electron chi connectivity index (χ1n) is 8.11. The van der Waals surface area contributed by atoms with E-state index in [2.05, 4.69) is 52.7 Å². The van der Waals surface area contributed by atoms with Gasteiger partial charge in [0.05, 0.1) is 16.1 Å². The Kier molecular flexibility index (Phi) is 4.36. The summed E-state index contributed by atoms with van der Waals surface area (Å²) in [6.45, 7) is 2.84. The maximum Gasteiger partial charge on any atom is 0.0595 e. The standard InChI is InChI=1S/C20H18Cl2N2/c21-19-8-5-14(9-20(19)22)13-24(18-11-23-12-18)17-7-6-15-3-1-2-4-16(15)10-17/h1-10,18,23H,11-13H2. The summed E-state index contributed by atoms with van der Waals surface area (Å²) in [4.78, 5) is 2.45. The van der Waals surface area contributed by atoms with Crippen LogP contribution < -0.4 is 10.2 Å². The van der Waals surface area contributed by atoms with Crippen molar-refractivity contribution < 1.29 is 0 Å². The van der Waals surface area contributed by atoms with Crippen LogP contribution >= 0.6 is 23.2 Å². The molecule has 0 saturated carbocycles. The molecule has 0 atom stereocenters. The monoisotopic (exact) mass is 356 g/mol. The van der Waals surface area contributed by atoms with Gasteiger partial charge in [-0.2, -0.15) is 0 Å². The first-order valence-corrected chi connectivity index (χ1v) is 8.86. The Morgan fingerprint density at radius 2 is 1.67 bits per heavy atom. The van der Waals surface area contributed by atoms with Gasteiger partial charge in [-0.15, -0.1) is 0 Å². The van der Waals surface area contributed by atoms with E-state index in [-0.39, 0.29) is 0 Å². The van der Waals surface area contributed by atoms with Crippen molar-refractivity contribution in [3.8, 4) is 0 Å². The first kappa shape index (κ1) is 15.8. The maximum absolute atomic E-state index is 6.19. The largest absolute Gasteiger partial charge is 0.362 e. The van der Waals surface area contributed by atoms with Crippen LogP contribution in [0.4, 0.5) is 5.69 Å². The van der Waals surface area contributed by atoms with Gasteiger partial charge in [0.25, 0.3) is 0 Å². The van der Waals surface area contributed by atoms with Gasteiger partial charge in [-0.1, -0.05) is 59.6 Å². The van der Waals surface area contributed by atoms with Crippen LogP contribution in [0.1, 0.15) is 5.56 Å². The Balaban J connectivity index is 1.68. The van der Waals surface area contributed by atoms with E-state index in [4.69, 9.17) is 23.2 Å². The van der Waals surface area contributed by atoms with E-state index in [1.165, 1.54) is 22.0 Å². The van der Waals surface area contributed by atoms with Crippen LogP contribution in [0.3, 0.4) is 0 Å². The number of halogens is 2. The van der Waals surface area contributed by atoms with E-state index in [9.17, 15) is 0 Å². The molecule has 1 heterocycles. The highest BCUT2D eigenvalue weighted by Gasteiger charge is 2.25. The minimum Gasteiger partial charge on any atom is -0.362 e. The van der Waals surface area contributed by atoms with Crippen LogP contribution in [-0.4, -0.2) is 19.1 Å².